The van der Waals surface area contributed by atoms with Gasteiger partial charge < -0.3 is 16.0 Å². The Morgan fingerprint density at radius 1 is 0.906 bits per heavy atom. The minimum absolute atomic E-state index is 0.0419. The van der Waals surface area contributed by atoms with Crippen molar-refractivity contribution in [2.75, 3.05) is 28.6 Å². The summed E-state index contributed by atoms with van der Waals surface area (Å²) in [6, 6.07) is 17.7. The van der Waals surface area contributed by atoms with Gasteiger partial charge in [0.2, 0.25) is 0 Å². The van der Waals surface area contributed by atoms with Crippen LogP contribution in [0.1, 0.15) is 12.0 Å². The van der Waals surface area contributed by atoms with Gasteiger partial charge in [-0.25, -0.2) is 18.4 Å². The highest BCUT2D eigenvalue weighted by Gasteiger charge is 2.17. The van der Waals surface area contributed by atoms with Gasteiger partial charge in [0.15, 0.2) is 0 Å². The summed E-state index contributed by atoms with van der Waals surface area (Å²) < 4.78 is 27.3. The van der Waals surface area contributed by atoms with Crippen molar-refractivity contribution in [3.05, 3.63) is 90.0 Å². The molecule has 0 aliphatic carbocycles. The standard InChI is InChI=1S/C24H24F2N4O2/c1-17-6-4-7-19(16-17)28-23(31)27-14-5-15-30(20-12-10-18(25)11-13-20)24(32)29-22-9-3-2-8-21(22)26/h2-4,6-13,16H,5,14-15H2,1H3,(H,29,32)(H2,27,28,31). The first-order chi connectivity index (χ1) is 15.4. The topological polar surface area (TPSA) is 73.5 Å². The Morgan fingerprint density at radius 3 is 2.38 bits per heavy atom. The molecule has 0 radical (unpaired) electrons. The molecule has 32 heavy (non-hydrogen) atoms. The molecule has 4 amide bonds. The number of hydrogen-bond acceptors (Lipinski definition) is 2. The summed E-state index contributed by atoms with van der Waals surface area (Å²) in [4.78, 5) is 26.3. The lowest BCUT2D eigenvalue weighted by molar-refractivity contribution is 0.252. The molecule has 3 rings (SSSR count). The lowest BCUT2D eigenvalue weighted by Gasteiger charge is -2.23. The molecule has 0 saturated heterocycles. The number of urea groups is 2. The third kappa shape index (κ3) is 6.53. The lowest BCUT2D eigenvalue weighted by atomic mass is 10.2. The fraction of sp³-hybridized carbons (Fsp3) is 0.167. The Kier molecular flexibility index (Phi) is 7.75. The van der Waals surface area contributed by atoms with Crippen molar-refractivity contribution in [1.82, 2.24) is 5.32 Å². The van der Waals surface area contributed by atoms with E-state index >= 15 is 0 Å². The Hall–Kier alpha value is -3.94. The average molecular weight is 438 g/mol. The van der Waals surface area contributed by atoms with E-state index in [0.717, 1.165) is 5.56 Å². The van der Waals surface area contributed by atoms with E-state index in [1.54, 1.807) is 12.1 Å². The van der Waals surface area contributed by atoms with Gasteiger partial charge >= 0.3 is 12.1 Å². The van der Waals surface area contributed by atoms with Gasteiger partial charge in [0, 0.05) is 24.5 Å². The van der Waals surface area contributed by atoms with Crippen LogP contribution in [0.5, 0.6) is 0 Å². The maximum Gasteiger partial charge on any atom is 0.326 e. The molecule has 0 unspecified atom stereocenters. The number of amides is 4. The van der Waals surface area contributed by atoms with Gasteiger partial charge in [0.1, 0.15) is 11.6 Å². The van der Waals surface area contributed by atoms with E-state index in [9.17, 15) is 18.4 Å². The van der Waals surface area contributed by atoms with Gasteiger partial charge in [-0.2, -0.15) is 0 Å². The maximum atomic E-state index is 13.9. The van der Waals surface area contributed by atoms with E-state index in [1.807, 2.05) is 25.1 Å². The third-order valence-corrected chi connectivity index (χ3v) is 4.62. The molecule has 0 spiro atoms. The smallest absolute Gasteiger partial charge is 0.326 e. The van der Waals surface area contributed by atoms with Crippen molar-refractivity contribution >= 4 is 29.1 Å². The first-order valence-corrected chi connectivity index (χ1v) is 10.1. The Bertz CT molecular complexity index is 1070. The number of carbonyl (C=O) groups is 2. The Balaban J connectivity index is 1.59. The van der Waals surface area contributed by atoms with Crippen molar-refractivity contribution < 1.29 is 18.4 Å². The maximum absolute atomic E-state index is 13.9. The molecule has 3 aromatic carbocycles. The highest BCUT2D eigenvalue weighted by molar-refractivity contribution is 6.01. The molecule has 8 heteroatoms. The second-order valence-corrected chi connectivity index (χ2v) is 7.14. The van der Waals surface area contributed by atoms with Crippen molar-refractivity contribution in [2.45, 2.75) is 13.3 Å². The monoisotopic (exact) mass is 438 g/mol. The number of nitrogens with zero attached hydrogens (tertiary/aromatic N) is 1. The molecule has 3 aromatic rings. The number of para-hydroxylation sites is 1. The highest BCUT2D eigenvalue weighted by atomic mass is 19.1. The number of hydrogen-bond donors (Lipinski definition) is 3. The third-order valence-electron chi connectivity index (χ3n) is 4.62. The number of rotatable bonds is 7. The number of nitrogens with one attached hydrogen (secondary N) is 3. The molecule has 0 saturated carbocycles. The molecule has 0 aromatic heterocycles. The van der Waals surface area contributed by atoms with Crippen LogP contribution in [0.4, 0.5) is 35.4 Å². The van der Waals surface area contributed by atoms with Crippen LogP contribution < -0.4 is 20.9 Å². The molecule has 166 valence electrons. The summed E-state index contributed by atoms with van der Waals surface area (Å²) in [6.45, 7) is 2.44. The quantitative estimate of drug-likeness (QED) is 0.425. The van der Waals surface area contributed by atoms with Crippen molar-refractivity contribution in [1.29, 1.82) is 0 Å². The first kappa shape index (κ1) is 22.7. The van der Waals surface area contributed by atoms with Crippen molar-refractivity contribution in [2.24, 2.45) is 0 Å². The van der Waals surface area contributed by atoms with E-state index in [-0.39, 0.29) is 18.3 Å². The predicted molar refractivity (Wildman–Crippen MR) is 122 cm³/mol. The largest absolute Gasteiger partial charge is 0.338 e. The minimum atomic E-state index is -0.564. The van der Waals surface area contributed by atoms with Crippen molar-refractivity contribution in [3.8, 4) is 0 Å². The normalized spacial score (nSPS) is 10.3. The molecule has 0 aliphatic rings. The number of anilines is 3. The molecule has 0 aliphatic heterocycles. The van der Waals surface area contributed by atoms with Gasteiger partial charge in [0.05, 0.1) is 5.69 Å². The second-order valence-electron chi connectivity index (χ2n) is 7.14. The molecular weight excluding hydrogens is 414 g/mol. The zero-order valence-electron chi connectivity index (χ0n) is 17.6. The Morgan fingerprint density at radius 2 is 1.66 bits per heavy atom. The average Bonchev–Trinajstić information content (AvgIpc) is 2.76. The van der Waals surface area contributed by atoms with E-state index in [2.05, 4.69) is 16.0 Å². The van der Waals surface area contributed by atoms with Gasteiger partial charge in [0.25, 0.3) is 0 Å². The van der Waals surface area contributed by atoms with Crippen molar-refractivity contribution in [3.63, 3.8) is 0 Å². The summed E-state index contributed by atoms with van der Waals surface area (Å²) in [7, 11) is 0. The van der Waals surface area contributed by atoms with Gasteiger partial charge in [-0.1, -0.05) is 24.3 Å². The summed E-state index contributed by atoms with van der Waals surface area (Å²) in [5, 5.41) is 8.01. The predicted octanol–water partition coefficient (Wildman–Crippen LogP) is 5.52. The van der Waals surface area contributed by atoms with Crippen LogP contribution in [0.3, 0.4) is 0 Å². The van der Waals surface area contributed by atoms with Crippen LogP contribution in [0.2, 0.25) is 0 Å². The number of aryl methyl sites for hydroxylation is 1. The van der Waals surface area contributed by atoms with Gasteiger partial charge in [-0.15, -0.1) is 0 Å². The SMILES string of the molecule is Cc1cccc(NC(=O)NCCCN(C(=O)Nc2ccccc2F)c2ccc(F)cc2)c1. The van der Waals surface area contributed by atoms with Crippen LogP contribution in [-0.4, -0.2) is 25.2 Å². The summed E-state index contributed by atoms with van der Waals surface area (Å²) in [5.74, 6) is -0.993. The van der Waals surface area contributed by atoms with E-state index in [1.165, 1.54) is 47.4 Å². The minimum Gasteiger partial charge on any atom is -0.338 e. The second kappa shape index (κ2) is 10.9. The summed E-state index contributed by atoms with van der Waals surface area (Å²) in [5.41, 5.74) is 2.20. The molecular formula is C24H24F2N4O2. The van der Waals surface area contributed by atoms with Crippen LogP contribution in [0.25, 0.3) is 0 Å². The number of benzene rings is 3. The Labute approximate surface area is 185 Å². The lowest BCUT2D eigenvalue weighted by Crippen LogP contribution is -2.38. The molecule has 0 atom stereocenters. The van der Waals surface area contributed by atoms with Crippen LogP contribution in [0, 0.1) is 18.6 Å². The van der Waals surface area contributed by atoms with Gasteiger partial charge in [-0.05, 0) is 67.4 Å². The molecule has 6 nitrogen and oxygen atoms in total. The molecule has 0 bridgehead atoms. The number of carbonyl (C=O) groups excluding carboxylic acids is 2. The molecule has 3 N–H and O–H groups in total. The fourth-order valence-corrected chi connectivity index (χ4v) is 3.05. The summed E-state index contributed by atoms with van der Waals surface area (Å²) >= 11 is 0. The molecule has 0 heterocycles. The zero-order valence-corrected chi connectivity index (χ0v) is 17.6. The van der Waals surface area contributed by atoms with Crippen LogP contribution in [0.15, 0.2) is 72.8 Å². The van der Waals surface area contributed by atoms with E-state index in [4.69, 9.17) is 0 Å². The van der Waals surface area contributed by atoms with Gasteiger partial charge in [-0.3, -0.25) is 4.90 Å². The summed E-state index contributed by atoms with van der Waals surface area (Å²) in [6.07, 6.45) is 0.420. The van der Waals surface area contributed by atoms with Crippen LogP contribution in [-0.2, 0) is 0 Å². The van der Waals surface area contributed by atoms with E-state index < -0.39 is 17.7 Å². The highest BCUT2D eigenvalue weighted by Crippen LogP contribution is 2.19. The fourth-order valence-electron chi connectivity index (χ4n) is 3.05. The van der Waals surface area contributed by atoms with Crippen LogP contribution >= 0.6 is 0 Å². The first-order valence-electron chi connectivity index (χ1n) is 10.1. The van der Waals surface area contributed by atoms with E-state index in [0.29, 0.717) is 24.3 Å². The number of halogens is 2. The zero-order chi connectivity index (χ0) is 22.9. The molecule has 0 fully saturated rings.